The van der Waals surface area contributed by atoms with Gasteiger partial charge in [0, 0.05) is 15.3 Å². The molecule has 16 heavy (non-hydrogen) atoms. The highest BCUT2D eigenvalue weighted by Crippen LogP contribution is 2.33. The van der Waals surface area contributed by atoms with Crippen molar-refractivity contribution in [3.63, 3.8) is 0 Å². The summed E-state index contributed by atoms with van der Waals surface area (Å²) in [6.07, 6.45) is 0. The topological polar surface area (TPSA) is 52.3 Å². The van der Waals surface area contributed by atoms with Gasteiger partial charge in [0.05, 0.1) is 12.7 Å². The second-order valence-corrected chi connectivity index (χ2v) is 6.36. The molecule has 0 saturated carbocycles. The molecule has 0 amide bonds. The molecule has 1 aromatic rings. The predicted octanol–water partition coefficient (Wildman–Crippen LogP) is 2.95. The lowest BCUT2D eigenvalue weighted by Gasteiger charge is -2.18. The molecule has 0 saturated heterocycles. The number of esters is 1. The van der Waals surface area contributed by atoms with Crippen LogP contribution in [0, 0.1) is 0 Å². The number of methoxy groups -OCH3 is 1. The number of hydrogen-bond donors (Lipinski definition) is 1. The molecule has 0 bridgehead atoms. The maximum atomic E-state index is 11.4. The zero-order valence-corrected chi connectivity index (χ0v) is 10.9. The molecule has 3 nitrogen and oxygen atoms in total. The van der Waals surface area contributed by atoms with Crippen molar-refractivity contribution in [2.75, 3.05) is 12.8 Å². The zero-order valence-electron chi connectivity index (χ0n) is 10.0. The Morgan fingerprint density at radius 3 is 2.50 bits per heavy atom. The number of rotatable bonds is 2. The standard InChI is InChI=1S/C12H17NO2S/c1-12(2,3)16-8-5-6-10(13)9(7-8)11(14)15-4/h5-7H,13H2,1-4H3. The number of thioether (sulfide) groups is 1. The van der Waals surface area contributed by atoms with Gasteiger partial charge in [-0.05, 0) is 18.2 Å². The van der Waals surface area contributed by atoms with E-state index in [0.29, 0.717) is 11.3 Å². The van der Waals surface area contributed by atoms with Crippen LogP contribution in [-0.2, 0) is 4.74 Å². The molecular weight excluding hydrogens is 222 g/mol. The first-order chi connectivity index (χ1) is 7.33. The molecule has 0 spiro atoms. The van der Waals surface area contributed by atoms with Crippen LogP contribution in [0.1, 0.15) is 31.1 Å². The first-order valence-corrected chi connectivity index (χ1v) is 5.82. The summed E-state index contributed by atoms with van der Waals surface area (Å²) in [5.74, 6) is -0.395. The monoisotopic (exact) mass is 239 g/mol. The third kappa shape index (κ3) is 3.45. The van der Waals surface area contributed by atoms with Crippen LogP contribution in [0.15, 0.2) is 23.1 Å². The van der Waals surface area contributed by atoms with Crippen molar-refractivity contribution < 1.29 is 9.53 Å². The molecule has 0 atom stereocenters. The smallest absolute Gasteiger partial charge is 0.339 e. The van der Waals surface area contributed by atoms with Crippen LogP contribution in [0.5, 0.6) is 0 Å². The lowest BCUT2D eigenvalue weighted by molar-refractivity contribution is 0.0601. The van der Waals surface area contributed by atoms with Crippen molar-refractivity contribution in [1.29, 1.82) is 0 Å². The Hall–Kier alpha value is -1.16. The normalized spacial score (nSPS) is 11.2. The van der Waals surface area contributed by atoms with Gasteiger partial charge >= 0.3 is 5.97 Å². The Labute approximate surface area is 100 Å². The Bertz CT molecular complexity index is 396. The summed E-state index contributed by atoms with van der Waals surface area (Å²) < 4.78 is 4.77. The third-order valence-electron chi connectivity index (χ3n) is 1.85. The van der Waals surface area contributed by atoms with E-state index >= 15 is 0 Å². The van der Waals surface area contributed by atoms with Gasteiger partial charge in [0.1, 0.15) is 0 Å². The molecule has 0 aromatic heterocycles. The van der Waals surface area contributed by atoms with Gasteiger partial charge in [0.25, 0.3) is 0 Å². The van der Waals surface area contributed by atoms with Crippen LogP contribution in [0.3, 0.4) is 0 Å². The summed E-state index contributed by atoms with van der Waals surface area (Å²) in [7, 11) is 1.35. The number of carbonyl (C=O) groups is 1. The minimum absolute atomic E-state index is 0.101. The van der Waals surface area contributed by atoms with Gasteiger partial charge in [-0.3, -0.25) is 0 Å². The fraction of sp³-hybridized carbons (Fsp3) is 0.417. The molecule has 0 aliphatic rings. The zero-order chi connectivity index (χ0) is 12.3. The number of ether oxygens (including phenoxy) is 1. The number of hydrogen-bond acceptors (Lipinski definition) is 4. The van der Waals surface area contributed by atoms with E-state index in [1.807, 2.05) is 6.07 Å². The van der Waals surface area contributed by atoms with Crippen molar-refractivity contribution in [1.82, 2.24) is 0 Å². The van der Waals surface area contributed by atoms with E-state index < -0.39 is 5.97 Å². The largest absolute Gasteiger partial charge is 0.465 e. The highest BCUT2D eigenvalue weighted by atomic mass is 32.2. The minimum atomic E-state index is -0.395. The molecule has 0 aliphatic heterocycles. The molecule has 0 radical (unpaired) electrons. The van der Waals surface area contributed by atoms with Crippen molar-refractivity contribution in [2.45, 2.75) is 30.4 Å². The Kier molecular flexibility index (Phi) is 3.86. The second kappa shape index (κ2) is 4.78. The highest BCUT2D eigenvalue weighted by Gasteiger charge is 2.15. The van der Waals surface area contributed by atoms with Crippen LogP contribution >= 0.6 is 11.8 Å². The van der Waals surface area contributed by atoms with E-state index in [4.69, 9.17) is 5.73 Å². The highest BCUT2D eigenvalue weighted by molar-refractivity contribution is 8.00. The summed E-state index contributed by atoms with van der Waals surface area (Å²) in [4.78, 5) is 12.5. The molecule has 4 heteroatoms. The van der Waals surface area contributed by atoms with Gasteiger partial charge in [0.15, 0.2) is 0 Å². The van der Waals surface area contributed by atoms with Gasteiger partial charge in [-0.2, -0.15) is 0 Å². The van der Waals surface area contributed by atoms with Gasteiger partial charge in [-0.15, -0.1) is 11.8 Å². The van der Waals surface area contributed by atoms with Crippen molar-refractivity contribution >= 4 is 23.4 Å². The SMILES string of the molecule is COC(=O)c1cc(SC(C)(C)C)ccc1N. The fourth-order valence-corrected chi connectivity index (χ4v) is 2.26. The van der Waals surface area contributed by atoms with Crippen LogP contribution < -0.4 is 5.73 Å². The first-order valence-electron chi connectivity index (χ1n) is 5.00. The molecule has 0 heterocycles. The Morgan fingerprint density at radius 1 is 1.38 bits per heavy atom. The van der Waals surface area contributed by atoms with Crippen LogP contribution in [0.25, 0.3) is 0 Å². The number of benzene rings is 1. The summed E-state index contributed by atoms with van der Waals surface area (Å²) >= 11 is 1.69. The average molecular weight is 239 g/mol. The summed E-state index contributed by atoms with van der Waals surface area (Å²) in [5.41, 5.74) is 6.60. The van der Waals surface area contributed by atoms with E-state index in [9.17, 15) is 4.79 Å². The maximum absolute atomic E-state index is 11.4. The third-order valence-corrected chi connectivity index (χ3v) is 2.96. The van der Waals surface area contributed by atoms with Crippen molar-refractivity contribution in [3.05, 3.63) is 23.8 Å². The fourth-order valence-electron chi connectivity index (χ4n) is 1.24. The average Bonchev–Trinajstić information content (AvgIpc) is 2.18. The number of carbonyl (C=O) groups excluding carboxylic acids is 1. The van der Waals surface area contributed by atoms with Gasteiger partial charge in [-0.25, -0.2) is 4.79 Å². The van der Waals surface area contributed by atoms with Crippen LogP contribution in [0.4, 0.5) is 5.69 Å². The van der Waals surface area contributed by atoms with Crippen LogP contribution in [-0.4, -0.2) is 17.8 Å². The van der Waals surface area contributed by atoms with E-state index in [0.717, 1.165) is 4.90 Å². The molecule has 0 unspecified atom stereocenters. The van der Waals surface area contributed by atoms with Gasteiger partial charge in [-0.1, -0.05) is 20.8 Å². The summed E-state index contributed by atoms with van der Waals surface area (Å²) in [6, 6.07) is 5.43. The predicted molar refractivity (Wildman–Crippen MR) is 67.8 cm³/mol. The van der Waals surface area contributed by atoms with Crippen molar-refractivity contribution in [2.24, 2.45) is 0 Å². The molecule has 0 aliphatic carbocycles. The van der Waals surface area contributed by atoms with Gasteiger partial charge in [0.2, 0.25) is 0 Å². The van der Waals surface area contributed by atoms with Crippen molar-refractivity contribution in [3.8, 4) is 0 Å². The number of anilines is 1. The van der Waals surface area contributed by atoms with E-state index in [2.05, 4.69) is 25.5 Å². The first kappa shape index (κ1) is 12.9. The Morgan fingerprint density at radius 2 is 2.00 bits per heavy atom. The maximum Gasteiger partial charge on any atom is 0.339 e. The number of nitrogen functional groups attached to an aromatic ring is 1. The molecule has 88 valence electrons. The van der Waals surface area contributed by atoms with E-state index in [1.54, 1.807) is 23.9 Å². The summed E-state index contributed by atoms with van der Waals surface area (Å²) in [5, 5.41) is 0. The molecule has 2 N–H and O–H groups in total. The van der Waals surface area contributed by atoms with E-state index in [1.165, 1.54) is 7.11 Å². The van der Waals surface area contributed by atoms with Crippen LogP contribution in [0.2, 0.25) is 0 Å². The molecule has 1 aromatic carbocycles. The second-order valence-electron chi connectivity index (χ2n) is 4.46. The number of nitrogens with two attached hydrogens (primary N) is 1. The lowest BCUT2D eigenvalue weighted by atomic mass is 10.2. The minimum Gasteiger partial charge on any atom is -0.465 e. The lowest BCUT2D eigenvalue weighted by Crippen LogP contribution is -2.09. The Balaban J connectivity index is 3.03. The quantitative estimate of drug-likeness (QED) is 0.490. The molecular formula is C12H17NO2S. The van der Waals surface area contributed by atoms with E-state index in [-0.39, 0.29) is 4.75 Å². The van der Waals surface area contributed by atoms with Gasteiger partial charge < -0.3 is 10.5 Å². The molecule has 0 fully saturated rings. The summed E-state index contributed by atoms with van der Waals surface area (Å²) in [6.45, 7) is 6.35. The molecule has 1 rings (SSSR count).